The third-order valence-electron chi connectivity index (χ3n) is 5.53. The van der Waals surface area contributed by atoms with Crippen LogP contribution in [-0.2, 0) is 5.41 Å². The molecular formula is C19H16BrClN4. The largest absolute Gasteiger partial charge is 0.336 e. The number of rotatable bonds is 1. The van der Waals surface area contributed by atoms with Gasteiger partial charge in [0.1, 0.15) is 12.2 Å². The molecule has 1 atom stereocenters. The molecule has 0 radical (unpaired) electrons. The Hall–Kier alpha value is -1.85. The van der Waals surface area contributed by atoms with Gasteiger partial charge in [0.2, 0.25) is 0 Å². The molecule has 1 aliphatic carbocycles. The highest BCUT2D eigenvalue weighted by molar-refractivity contribution is 9.10. The van der Waals surface area contributed by atoms with Gasteiger partial charge in [0.15, 0.2) is 0 Å². The Bertz CT molecular complexity index is 962. The first-order chi connectivity index (χ1) is 12.1. The Kier molecular flexibility index (Phi) is 3.28. The van der Waals surface area contributed by atoms with Gasteiger partial charge in [-0.1, -0.05) is 27.5 Å². The fourth-order valence-electron chi connectivity index (χ4n) is 4.03. The Morgan fingerprint density at radius 3 is 2.60 bits per heavy atom. The quantitative estimate of drug-likeness (QED) is 0.544. The van der Waals surface area contributed by atoms with Gasteiger partial charge < -0.3 is 4.90 Å². The van der Waals surface area contributed by atoms with Gasteiger partial charge >= 0.3 is 0 Å². The molecule has 1 unspecified atom stereocenters. The van der Waals surface area contributed by atoms with Crippen molar-refractivity contribution in [1.29, 1.82) is 0 Å². The van der Waals surface area contributed by atoms with Crippen molar-refractivity contribution in [2.75, 3.05) is 4.90 Å². The summed E-state index contributed by atoms with van der Waals surface area (Å²) in [5.41, 5.74) is 3.44. The first-order valence-corrected chi connectivity index (χ1v) is 9.52. The smallest absolute Gasteiger partial charge is 0.145 e. The number of fused-ring (bicyclic) bond motifs is 4. The van der Waals surface area contributed by atoms with Gasteiger partial charge in [-0.15, -0.1) is 10.2 Å². The minimum atomic E-state index is 0.0433. The molecule has 2 aromatic carbocycles. The molecule has 25 heavy (non-hydrogen) atoms. The molecule has 1 fully saturated rings. The molecule has 0 bridgehead atoms. The van der Waals surface area contributed by atoms with Gasteiger partial charge in [-0.3, -0.25) is 4.57 Å². The monoisotopic (exact) mass is 414 g/mol. The van der Waals surface area contributed by atoms with E-state index >= 15 is 0 Å². The first kappa shape index (κ1) is 15.4. The first-order valence-electron chi connectivity index (χ1n) is 8.35. The van der Waals surface area contributed by atoms with Crippen molar-refractivity contribution in [3.05, 3.63) is 64.1 Å². The lowest BCUT2D eigenvalue weighted by Crippen LogP contribution is -2.38. The van der Waals surface area contributed by atoms with Crippen LogP contribution in [0.25, 0.3) is 5.69 Å². The van der Waals surface area contributed by atoms with Gasteiger partial charge in [-0.2, -0.15) is 0 Å². The highest BCUT2D eigenvalue weighted by Crippen LogP contribution is 2.56. The molecule has 5 rings (SSSR count). The number of hydrogen-bond donors (Lipinski definition) is 0. The van der Waals surface area contributed by atoms with E-state index < -0.39 is 0 Å². The molecule has 6 heteroatoms. The number of nitrogens with zero attached hydrogens (tertiary/aromatic N) is 4. The second kappa shape index (κ2) is 5.32. The van der Waals surface area contributed by atoms with Crippen molar-refractivity contribution in [1.82, 2.24) is 14.8 Å². The fourth-order valence-corrected chi connectivity index (χ4v) is 4.50. The minimum Gasteiger partial charge on any atom is -0.336 e. The molecular weight excluding hydrogens is 400 g/mol. The van der Waals surface area contributed by atoms with E-state index in [0.29, 0.717) is 0 Å². The number of benzene rings is 2. The van der Waals surface area contributed by atoms with Crippen molar-refractivity contribution in [3.8, 4) is 5.69 Å². The highest BCUT2D eigenvalue weighted by Gasteiger charge is 2.56. The van der Waals surface area contributed by atoms with Crippen LogP contribution >= 0.6 is 27.5 Å². The molecule has 4 nitrogen and oxygen atoms in total. The van der Waals surface area contributed by atoms with Crippen LogP contribution in [0.5, 0.6) is 0 Å². The van der Waals surface area contributed by atoms with E-state index in [0.717, 1.165) is 45.2 Å². The molecule has 1 aliphatic heterocycles. The number of hydrogen-bond acceptors (Lipinski definition) is 3. The summed E-state index contributed by atoms with van der Waals surface area (Å²) in [6.45, 7) is 2.29. The summed E-state index contributed by atoms with van der Waals surface area (Å²) < 4.78 is 3.21. The summed E-state index contributed by atoms with van der Waals surface area (Å²) in [4.78, 5) is 2.41. The summed E-state index contributed by atoms with van der Waals surface area (Å²) in [5, 5.41) is 9.46. The Morgan fingerprint density at radius 2 is 1.88 bits per heavy atom. The summed E-state index contributed by atoms with van der Waals surface area (Å²) in [5.74, 6) is 1.07. The molecule has 0 saturated heterocycles. The van der Waals surface area contributed by atoms with Gasteiger partial charge in [0, 0.05) is 21.2 Å². The molecule has 0 N–H and O–H groups in total. The zero-order valence-corrected chi connectivity index (χ0v) is 16.0. The maximum Gasteiger partial charge on any atom is 0.145 e. The fraction of sp³-hybridized carbons (Fsp3) is 0.263. The van der Waals surface area contributed by atoms with Gasteiger partial charge in [0.25, 0.3) is 0 Å². The number of halogens is 2. The lowest BCUT2D eigenvalue weighted by atomic mass is 9.95. The zero-order valence-electron chi connectivity index (χ0n) is 13.7. The number of aromatic nitrogens is 3. The average Bonchev–Trinajstić information content (AvgIpc) is 3.28. The van der Waals surface area contributed by atoms with E-state index in [1.807, 2.05) is 18.5 Å². The van der Waals surface area contributed by atoms with E-state index in [1.165, 1.54) is 0 Å². The second-order valence-corrected chi connectivity index (χ2v) is 8.19. The second-order valence-electron chi connectivity index (χ2n) is 6.84. The summed E-state index contributed by atoms with van der Waals surface area (Å²) >= 11 is 9.75. The van der Waals surface area contributed by atoms with E-state index in [2.05, 4.69) is 72.8 Å². The van der Waals surface area contributed by atoms with Crippen LogP contribution in [0.1, 0.15) is 25.6 Å². The Morgan fingerprint density at radius 1 is 1.12 bits per heavy atom. The normalized spacial score (nSPS) is 20.1. The maximum absolute atomic E-state index is 6.12. The van der Waals surface area contributed by atoms with Gasteiger partial charge in [-0.05, 0) is 62.2 Å². The Balaban J connectivity index is 1.80. The summed E-state index contributed by atoms with van der Waals surface area (Å²) in [6.07, 6.45) is 4.10. The van der Waals surface area contributed by atoms with Crippen LogP contribution < -0.4 is 4.90 Å². The number of anilines is 2. The van der Waals surface area contributed by atoms with Crippen LogP contribution in [0.4, 0.5) is 11.4 Å². The van der Waals surface area contributed by atoms with Crippen molar-refractivity contribution in [2.45, 2.75) is 31.2 Å². The standard InChI is InChI=1S/C19H16BrClN4/c1-12-19(8-9-19)18-23-22-11-24(18)16-7-2-13(20)10-17(16)25(12)15-5-3-14(21)4-6-15/h2-7,10-12H,8-9H2,1H3. The molecule has 0 amide bonds. The highest BCUT2D eigenvalue weighted by atomic mass is 79.9. The molecule has 1 saturated carbocycles. The lowest BCUT2D eigenvalue weighted by molar-refractivity contribution is 0.518. The topological polar surface area (TPSA) is 34.0 Å². The minimum absolute atomic E-state index is 0.0433. The predicted molar refractivity (Wildman–Crippen MR) is 103 cm³/mol. The van der Waals surface area contributed by atoms with Crippen LogP contribution in [0.3, 0.4) is 0 Å². The van der Waals surface area contributed by atoms with Crippen molar-refractivity contribution in [3.63, 3.8) is 0 Å². The van der Waals surface area contributed by atoms with Crippen LogP contribution in [0.15, 0.2) is 53.3 Å². The third-order valence-corrected chi connectivity index (χ3v) is 6.28. The molecule has 126 valence electrons. The van der Waals surface area contributed by atoms with Crippen LogP contribution in [0.2, 0.25) is 5.02 Å². The molecule has 1 spiro atoms. The van der Waals surface area contributed by atoms with Crippen LogP contribution in [-0.4, -0.2) is 20.8 Å². The van der Waals surface area contributed by atoms with Crippen molar-refractivity contribution >= 4 is 38.9 Å². The third kappa shape index (κ3) is 2.19. The zero-order chi connectivity index (χ0) is 17.2. The maximum atomic E-state index is 6.12. The molecule has 3 aromatic rings. The van der Waals surface area contributed by atoms with Crippen LogP contribution in [0, 0.1) is 0 Å². The van der Waals surface area contributed by atoms with E-state index in [9.17, 15) is 0 Å². The molecule has 1 aromatic heterocycles. The Labute approximate surface area is 159 Å². The molecule has 2 aliphatic rings. The van der Waals surface area contributed by atoms with E-state index in [4.69, 9.17) is 11.6 Å². The SMILES string of the molecule is CC1N(c2ccc(Cl)cc2)c2cc(Br)ccc2-n2cnnc2C12CC2. The van der Waals surface area contributed by atoms with Gasteiger partial charge in [0.05, 0.1) is 16.8 Å². The lowest BCUT2D eigenvalue weighted by Gasteiger charge is -2.34. The van der Waals surface area contributed by atoms with Crippen molar-refractivity contribution in [2.24, 2.45) is 0 Å². The predicted octanol–water partition coefficient (Wildman–Crippen LogP) is 5.26. The van der Waals surface area contributed by atoms with E-state index in [1.54, 1.807) is 0 Å². The van der Waals surface area contributed by atoms with Gasteiger partial charge in [-0.25, -0.2) is 0 Å². The molecule has 2 heterocycles. The average molecular weight is 416 g/mol. The van der Waals surface area contributed by atoms with E-state index in [-0.39, 0.29) is 11.5 Å². The summed E-state index contributed by atoms with van der Waals surface area (Å²) in [6, 6.07) is 14.7. The van der Waals surface area contributed by atoms with Crippen molar-refractivity contribution < 1.29 is 0 Å². The summed E-state index contributed by atoms with van der Waals surface area (Å²) in [7, 11) is 0.